The second-order valence-corrected chi connectivity index (χ2v) is 8.04. The zero-order valence-electron chi connectivity index (χ0n) is 16.1. The van der Waals surface area contributed by atoms with E-state index < -0.39 is 5.97 Å². The summed E-state index contributed by atoms with van der Waals surface area (Å²) in [5, 5.41) is 1.86. The maximum Gasteiger partial charge on any atom is 0.340 e. The van der Waals surface area contributed by atoms with Crippen LogP contribution < -0.4 is 0 Å². The molecule has 0 unspecified atom stereocenters. The number of halogens is 1. The van der Waals surface area contributed by atoms with E-state index in [4.69, 9.17) is 4.74 Å². The van der Waals surface area contributed by atoms with Crippen molar-refractivity contribution in [2.45, 2.75) is 45.2 Å². The number of thiophene rings is 1. The average Bonchev–Trinajstić information content (AvgIpc) is 3.20. The van der Waals surface area contributed by atoms with Crippen molar-refractivity contribution in [2.24, 2.45) is 0 Å². The molecular weight excluding hydrogens is 377 g/mol. The number of carbonyl (C=O) groups excluding carboxylic acids is 2. The van der Waals surface area contributed by atoms with Gasteiger partial charge in [-0.1, -0.05) is 18.2 Å². The summed E-state index contributed by atoms with van der Waals surface area (Å²) in [6.45, 7) is 3.78. The molecule has 1 amide bonds. The van der Waals surface area contributed by atoms with Gasteiger partial charge in [0.15, 0.2) is 6.61 Å². The van der Waals surface area contributed by atoms with Gasteiger partial charge in [-0.05, 0) is 68.3 Å². The van der Waals surface area contributed by atoms with E-state index in [-0.39, 0.29) is 30.4 Å². The van der Waals surface area contributed by atoms with Gasteiger partial charge in [0.25, 0.3) is 5.91 Å². The van der Waals surface area contributed by atoms with Gasteiger partial charge in [0.05, 0.1) is 5.57 Å². The molecule has 2 aromatic rings. The van der Waals surface area contributed by atoms with E-state index >= 15 is 0 Å². The van der Waals surface area contributed by atoms with Crippen molar-refractivity contribution in [3.63, 3.8) is 0 Å². The number of piperidine rings is 1. The first-order chi connectivity index (χ1) is 13.5. The van der Waals surface area contributed by atoms with Crippen LogP contribution in [0, 0.1) is 5.82 Å². The third-order valence-electron chi connectivity index (χ3n) is 5.00. The minimum atomic E-state index is -0.558. The molecule has 1 aromatic carbocycles. The van der Waals surface area contributed by atoms with Crippen LogP contribution in [0.5, 0.6) is 0 Å². The van der Waals surface area contributed by atoms with Gasteiger partial charge in [0, 0.05) is 17.0 Å². The molecular formula is C22H24FNO3S. The summed E-state index contributed by atoms with van der Waals surface area (Å²) in [6.07, 6.45) is 4.70. The van der Waals surface area contributed by atoms with Crippen molar-refractivity contribution in [3.05, 3.63) is 58.0 Å². The highest BCUT2D eigenvalue weighted by Crippen LogP contribution is 2.25. The molecule has 28 heavy (non-hydrogen) atoms. The lowest BCUT2D eigenvalue weighted by atomic mass is 9.97. The van der Waals surface area contributed by atoms with Gasteiger partial charge in [-0.3, -0.25) is 4.79 Å². The second kappa shape index (κ2) is 9.15. The first-order valence-corrected chi connectivity index (χ1v) is 10.3. The number of rotatable bonds is 5. The highest BCUT2D eigenvalue weighted by atomic mass is 32.1. The standard InChI is InChI=1S/C22H24FNO3S/c1-15-5-3-6-16(2)24(15)21(25)14-27-22(26)19(20-7-4-12-28-20)13-17-8-10-18(23)11-9-17/h4,7-13,15-16H,3,5-6,14H2,1-2H3/t15-,16+. The van der Waals surface area contributed by atoms with Crippen molar-refractivity contribution < 1.29 is 18.7 Å². The minimum absolute atomic E-state index is 0.154. The molecule has 0 spiro atoms. The molecule has 2 atom stereocenters. The Kier molecular flexibility index (Phi) is 6.62. The number of carbonyl (C=O) groups is 2. The Bertz CT molecular complexity index is 835. The van der Waals surface area contributed by atoms with Gasteiger partial charge in [0.1, 0.15) is 5.82 Å². The fourth-order valence-corrected chi connectivity index (χ4v) is 4.31. The molecule has 1 saturated heterocycles. The number of likely N-dealkylation sites (tertiary alicyclic amines) is 1. The molecule has 0 bridgehead atoms. The molecule has 148 valence electrons. The van der Waals surface area contributed by atoms with E-state index in [1.54, 1.807) is 18.2 Å². The summed E-state index contributed by atoms with van der Waals surface area (Å²) in [5.74, 6) is -1.06. The minimum Gasteiger partial charge on any atom is -0.452 e. The fraction of sp³-hybridized carbons (Fsp3) is 0.364. The van der Waals surface area contributed by atoms with E-state index in [1.165, 1.54) is 23.5 Å². The Morgan fingerprint density at radius 2 is 1.86 bits per heavy atom. The van der Waals surface area contributed by atoms with Gasteiger partial charge in [-0.15, -0.1) is 11.3 Å². The molecule has 0 aliphatic carbocycles. The number of benzene rings is 1. The third-order valence-corrected chi connectivity index (χ3v) is 5.90. The summed E-state index contributed by atoms with van der Waals surface area (Å²) in [6, 6.07) is 9.84. The molecule has 4 nitrogen and oxygen atoms in total. The van der Waals surface area contributed by atoms with Crippen LogP contribution in [-0.2, 0) is 14.3 Å². The van der Waals surface area contributed by atoms with Crippen LogP contribution in [0.3, 0.4) is 0 Å². The SMILES string of the molecule is C[C@@H]1CCC[C@H](C)N1C(=O)COC(=O)C(=Cc1ccc(F)cc1)c1cccs1. The number of ether oxygens (including phenoxy) is 1. The Hall–Kier alpha value is -2.47. The van der Waals surface area contributed by atoms with Crippen LogP contribution in [0.2, 0.25) is 0 Å². The van der Waals surface area contributed by atoms with Crippen molar-refractivity contribution in [3.8, 4) is 0 Å². The maximum atomic E-state index is 13.2. The molecule has 1 aliphatic heterocycles. The normalized spacial score (nSPS) is 20.1. The number of hydrogen-bond donors (Lipinski definition) is 0. The molecule has 2 heterocycles. The van der Waals surface area contributed by atoms with Crippen molar-refractivity contribution >= 4 is 34.9 Å². The highest BCUT2D eigenvalue weighted by Gasteiger charge is 2.29. The lowest BCUT2D eigenvalue weighted by Gasteiger charge is -2.38. The quantitative estimate of drug-likeness (QED) is 0.536. The van der Waals surface area contributed by atoms with Gasteiger partial charge >= 0.3 is 5.97 Å². The molecule has 0 saturated carbocycles. The van der Waals surface area contributed by atoms with Crippen LogP contribution in [0.1, 0.15) is 43.6 Å². The lowest BCUT2D eigenvalue weighted by molar-refractivity contribution is -0.151. The van der Waals surface area contributed by atoms with Crippen LogP contribution in [0.4, 0.5) is 4.39 Å². The first-order valence-electron chi connectivity index (χ1n) is 9.45. The number of hydrogen-bond acceptors (Lipinski definition) is 4. The van der Waals surface area contributed by atoms with Crippen LogP contribution in [-0.4, -0.2) is 35.5 Å². The first kappa shape index (κ1) is 20.3. The second-order valence-electron chi connectivity index (χ2n) is 7.09. The maximum absolute atomic E-state index is 13.2. The number of nitrogens with zero attached hydrogens (tertiary/aromatic N) is 1. The zero-order valence-corrected chi connectivity index (χ0v) is 16.9. The summed E-state index contributed by atoms with van der Waals surface area (Å²) in [4.78, 5) is 27.9. The molecule has 1 fully saturated rings. The lowest BCUT2D eigenvalue weighted by Crippen LogP contribution is -2.49. The highest BCUT2D eigenvalue weighted by molar-refractivity contribution is 7.11. The molecule has 0 N–H and O–H groups in total. The van der Waals surface area contributed by atoms with Gasteiger partial charge in [-0.2, -0.15) is 0 Å². The third kappa shape index (κ3) is 4.87. The fourth-order valence-electron chi connectivity index (χ4n) is 3.58. The Labute approximate surface area is 168 Å². The number of esters is 1. The van der Waals surface area contributed by atoms with E-state index in [2.05, 4.69) is 0 Å². The molecule has 1 aromatic heterocycles. The van der Waals surface area contributed by atoms with Gasteiger partial charge in [-0.25, -0.2) is 9.18 Å². The zero-order chi connectivity index (χ0) is 20.1. The van der Waals surface area contributed by atoms with Crippen LogP contribution >= 0.6 is 11.3 Å². The van der Waals surface area contributed by atoms with Gasteiger partial charge < -0.3 is 9.64 Å². The Morgan fingerprint density at radius 1 is 1.18 bits per heavy atom. The van der Waals surface area contributed by atoms with Crippen LogP contribution in [0.15, 0.2) is 41.8 Å². The summed E-state index contributed by atoms with van der Waals surface area (Å²) >= 11 is 1.41. The topological polar surface area (TPSA) is 46.6 Å². The average molecular weight is 402 g/mol. The summed E-state index contributed by atoms with van der Waals surface area (Å²) in [5.41, 5.74) is 1.04. The van der Waals surface area contributed by atoms with Gasteiger partial charge in [0.2, 0.25) is 0 Å². The molecule has 1 aliphatic rings. The monoisotopic (exact) mass is 401 g/mol. The predicted molar refractivity (Wildman–Crippen MR) is 109 cm³/mol. The molecule has 6 heteroatoms. The van der Waals surface area contributed by atoms with Crippen LogP contribution in [0.25, 0.3) is 11.6 Å². The Balaban J connectivity index is 1.73. The molecule has 0 radical (unpaired) electrons. The largest absolute Gasteiger partial charge is 0.452 e. The smallest absolute Gasteiger partial charge is 0.340 e. The summed E-state index contributed by atoms with van der Waals surface area (Å²) < 4.78 is 18.5. The predicted octanol–water partition coefficient (Wildman–Crippen LogP) is 4.76. The molecule has 3 rings (SSSR count). The Morgan fingerprint density at radius 3 is 2.46 bits per heavy atom. The van der Waals surface area contributed by atoms with E-state index in [9.17, 15) is 14.0 Å². The van der Waals surface area contributed by atoms with E-state index in [1.807, 2.05) is 36.3 Å². The van der Waals surface area contributed by atoms with Crippen molar-refractivity contribution in [1.82, 2.24) is 4.90 Å². The van der Waals surface area contributed by atoms with E-state index in [0.717, 1.165) is 24.1 Å². The van der Waals surface area contributed by atoms with E-state index in [0.29, 0.717) is 11.1 Å². The summed E-state index contributed by atoms with van der Waals surface area (Å²) in [7, 11) is 0. The van der Waals surface area contributed by atoms with Crippen molar-refractivity contribution in [1.29, 1.82) is 0 Å². The van der Waals surface area contributed by atoms with Crippen molar-refractivity contribution in [2.75, 3.05) is 6.61 Å². The number of amides is 1.